The Morgan fingerprint density at radius 3 is 2.95 bits per heavy atom. The van der Waals surface area contributed by atoms with Crippen LogP contribution in [0, 0.1) is 6.92 Å². The van der Waals surface area contributed by atoms with Gasteiger partial charge in [0.2, 0.25) is 5.91 Å². The maximum Gasteiger partial charge on any atom is 0.328 e. The molecule has 0 bridgehead atoms. The first-order valence-electron chi connectivity index (χ1n) is 5.79. The molecule has 0 spiro atoms. The summed E-state index contributed by atoms with van der Waals surface area (Å²) >= 11 is 1.20. The van der Waals surface area contributed by atoms with Crippen molar-refractivity contribution in [3.63, 3.8) is 0 Å². The molecule has 0 radical (unpaired) electrons. The average Bonchev–Trinajstić information content (AvgIpc) is 3.02. The second kappa shape index (κ2) is 5.33. The minimum Gasteiger partial charge on any atom is -0.431 e. The third-order valence-corrected chi connectivity index (χ3v) is 3.20. The molecular formula is C12H10N4O3S. The number of para-hydroxylation sites is 2. The molecule has 1 N–H and O–H groups in total. The molecule has 3 aromatic rings. The van der Waals surface area contributed by atoms with E-state index in [0.29, 0.717) is 16.6 Å². The maximum absolute atomic E-state index is 11.7. The quantitative estimate of drug-likeness (QED) is 0.736. The largest absolute Gasteiger partial charge is 0.431 e. The minimum atomic E-state index is -0.263. The van der Waals surface area contributed by atoms with Gasteiger partial charge < -0.3 is 8.94 Å². The monoisotopic (exact) mass is 290 g/mol. The van der Waals surface area contributed by atoms with Crippen LogP contribution in [0.4, 0.5) is 6.01 Å². The van der Waals surface area contributed by atoms with Gasteiger partial charge in [0.15, 0.2) is 11.4 Å². The fourth-order valence-electron chi connectivity index (χ4n) is 1.54. The molecule has 7 nitrogen and oxygen atoms in total. The zero-order chi connectivity index (χ0) is 13.9. The van der Waals surface area contributed by atoms with Crippen LogP contribution in [0.1, 0.15) is 5.82 Å². The summed E-state index contributed by atoms with van der Waals surface area (Å²) in [5.74, 6) is 0.349. The number of carbonyl (C=O) groups is 1. The Balaban J connectivity index is 1.59. The van der Waals surface area contributed by atoms with Crippen molar-refractivity contribution in [1.29, 1.82) is 0 Å². The van der Waals surface area contributed by atoms with E-state index in [1.54, 1.807) is 6.92 Å². The van der Waals surface area contributed by atoms with Crippen molar-refractivity contribution in [3.05, 3.63) is 30.1 Å². The van der Waals surface area contributed by atoms with Gasteiger partial charge in [0.05, 0.1) is 5.75 Å². The number of aryl methyl sites for hydroxylation is 1. The van der Waals surface area contributed by atoms with Crippen LogP contribution in [0.2, 0.25) is 0 Å². The maximum atomic E-state index is 11.7. The summed E-state index contributed by atoms with van der Waals surface area (Å²) in [5, 5.41) is 6.52. The van der Waals surface area contributed by atoms with Gasteiger partial charge >= 0.3 is 6.01 Å². The number of amides is 1. The van der Waals surface area contributed by atoms with E-state index in [9.17, 15) is 4.79 Å². The van der Waals surface area contributed by atoms with E-state index in [1.807, 2.05) is 24.3 Å². The van der Waals surface area contributed by atoms with Crippen molar-refractivity contribution in [2.75, 3.05) is 11.1 Å². The number of nitrogens with one attached hydrogen (secondary N) is 1. The van der Waals surface area contributed by atoms with Gasteiger partial charge in [0.25, 0.3) is 5.22 Å². The van der Waals surface area contributed by atoms with Gasteiger partial charge in [-0.1, -0.05) is 29.1 Å². The van der Waals surface area contributed by atoms with Crippen molar-refractivity contribution in [1.82, 2.24) is 15.1 Å². The fraction of sp³-hybridized carbons (Fsp3) is 0.167. The van der Waals surface area contributed by atoms with Gasteiger partial charge in [-0.15, -0.1) is 0 Å². The smallest absolute Gasteiger partial charge is 0.328 e. The predicted molar refractivity (Wildman–Crippen MR) is 72.4 cm³/mol. The first-order valence-corrected chi connectivity index (χ1v) is 6.78. The third kappa shape index (κ3) is 2.80. The molecule has 0 aliphatic rings. The number of rotatable bonds is 4. The van der Waals surface area contributed by atoms with Crippen LogP contribution in [-0.4, -0.2) is 26.8 Å². The molecule has 0 fully saturated rings. The summed E-state index contributed by atoms with van der Waals surface area (Å²) in [7, 11) is 0. The summed E-state index contributed by atoms with van der Waals surface area (Å²) in [4.78, 5) is 19.8. The van der Waals surface area contributed by atoms with Crippen LogP contribution < -0.4 is 5.32 Å². The number of hydrogen-bond donors (Lipinski definition) is 1. The van der Waals surface area contributed by atoms with Crippen LogP contribution in [0.3, 0.4) is 0 Å². The van der Waals surface area contributed by atoms with E-state index >= 15 is 0 Å². The molecule has 0 aliphatic heterocycles. The van der Waals surface area contributed by atoms with E-state index in [1.165, 1.54) is 11.8 Å². The number of fused-ring (bicyclic) bond motifs is 1. The van der Waals surface area contributed by atoms with E-state index < -0.39 is 0 Å². The van der Waals surface area contributed by atoms with E-state index in [4.69, 9.17) is 8.94 Å². The lowest BCUT2D eigenvalue weighted by atomic mass is 10.3. The highest BCUT2D eigenvalue weighted by Gasteiger charge is 2.11. The molecule has 1 amide bonds. The number of benzene rings is 1. The normalized spacial score (nSPS) is 10.8. The van der Waals surface area contributed by atoms with E-state index in [0.717, 1.165) is 5.52 Å². The van der Waals surface area contributed by atoms with Crippen molar-refractivity contribution in [2.24, 2.45) is 0 Å². The van der Waals surface area contributed by atoms with Crippen molar-refractivity contribution < 1.29 is 13.7 Å². The molecule has 102 valence electrons. The minimum absolute atomic E-state index is 0.0886. The first-order chi connectivity index (χ1) is 9.70. The first kappa shape index (κ1) is 12.7. The molecule has 0 saturated heterocycles. The molecule has 8 heteroatoms. The lowest BCUT2D eigenvalue weighted by Crippen LogP contribution is -2.14. The van der Waals surface area contributed by atoms with Gasteiger partial charge in [-0.2, -0.15) is 4.98 Å². The Morgan fingerprint density at radius 1 is 1.35 bits per heavy atom. The van der Waals surface area contributed by atoms with Crippen LogP contribution in [-0.2, 0) is 4.79 Å². The van der Waals surface area contributed by atoms with Crippen molar-refractivity contribution >= 4 is 34.8 Å². The SMILES string of the molecule is Cc1noc(NC(=O)CSc2nc3ccccc3o2)n1. The average molecular weight is 290 g/mol. The Labute approximate surface area is 117 Å². The number of hydrogen-bond acceptors (Lipinski definition) is 7. The highest BCUT2D eigenvalue weighted by molar-refractivity contribution is 7.99. The zero-order valence-electron chi connectivity index (χ0n) is 10.5. The predicted octanol–water partition coefficient (Wildman–Crippen LogP) is 2.25. The van der Waals surface area contributed by atoms with Gasteiger partial charge in [0, 0.05) is 0 Å². The van der Waals surface area contributed by atoms with Crippen LogP contribution in [0.5, 0.6) is 0 Å². The van der Waals surface area contributed by atoms with Gasteiger partial charge in [-0.05, 0) is 19.1 Å². The van der Waals surface area contributed by atoms with Gasteiger partial charge in [-0.3, -0.25) is 10.1 Å². The molecule has 20 heavy (non-hydrogen) atoms. The molecule has 0 aliphatic carbocycles. The molecule has 2 heterocycles. The second-order valence-corrected chi connectivity index (χ2v) is 4.86. The molecular weight excluding hydrogens is 280 g/mol. The third-order valence-electron chi connectivity index (χ3n) is 2.37. The van der Waals surface area contributed by atoms with Crippen LogP contribution >= 0.6 is 11.8 Å². The number of oxazole rings is 1. The summed E-state index contributed by atoms with van der Waals surface area (Å²) in [6.07, 6.45) is 0. The second-order valence-electron chi connectivity index (χ2n) is 3.93. The highest BCUT2D eigenvalue weighted by Crippen LogP contribution is 2.23. The number of carbonyl (C=O) groups excluding carboxylic acids is 1. The number of thioether (sulfide) groups is 1. The summed E-state index contributed by atoms with van der Waals surface area (Å²) in [5.41, 5.74) is 1.46. The Bertz CT molecular complexity index is 719. The number of anilines is 1. The number of nitrogens with zero attached hydrogens (tertiary/aromatic N) is 3. The Morgan fingerprint density at radius 2 is 2.20 bits per heavy atom. The Hall–Kier alpha value is -2.35. The summed E-state index contributed by atoms with van der Waals surface area (Å²) in [6, 6.07) is 7.51. The van der Waals surface area contributed by atoms with Crippen molar-refractivity contribution in [2.45, 2.75) is 12.1 Å². The fourth-order valence-corrected chi connectivity index (χ4v) is 2.18. The van der Waals surface area contributed by atoms with Crippen molar-refractivity contribution in [3.8, 4) is 0 Å². The van der Waals surface area contributed by atoms with Crippen LogP contribution in [0.25, 0.3) is 11.1 Å². The van der Waals surface area contributed by atoms with E-state index in [2.05, 4.69) is 20.4 Å². The molecule has 0 atom stereocenters. The Kier molecular flexibility index (Phi) is 3.38. The topological polar surface area (TPSA) is 94.1 Å². The zero-order valence-corrected chi connectivity index (χ0v) is 11.3. The summed E-state index contributed by atoms with van der Waals surface area (Å²) < 4.78 is 10.3. The van der Waals surface area contributed by atoms with Gasteiger partial charge in [-0.25, -0.2) is 4.98 Å². The lowest BCUT2D eigenvalue weighted by molar-refractivity contribution is -0.114. The molecule has 1 aromatic carbocycles. The van der Waals surface area contributed by atoms with Gasteiger partial charge in [0.1, 0.15) is 5.52 Å². The highest BCUT2D eigenvalue weighted by atomic mass is 32.2. The lowest BCUT2D eigenvalue weighted by Gasteiger charge is -1.96. The molecule has 0 unspecified atom stereocenters. The molecule has 0 saturated carbocycles. The van der Waals surface area contributed by atoms with E-state index in [-0.39, 0.29) is 17.7 Å². The summed E-state index contributed by atoms with van der Waals surface area (Å²) in [6.45, 7) is 1.67. The van der Waals surface area contributed by atoms with Crippen LogP contribution in [0.15, 0.2) is 38.4 Å². The molecule has 2 aromatic heterocycles. The standard InChI is InChI=1S/C12H10N4O3S/c1-7-13-11(19-16-7)15-10(17)6-20-12-14-8-4-2-3-5-9(8)18-12/h2-5H,6H2,1H3,(H,13,15,16,17). The number of aromatic nitrogens is 3. The molecule has 3 rings (SSSR count).